The molecule has 3 amide bonds. The highest BCUT2D eigenvalue weighted by molar-refractivity contribution is 7.15. The smallest absolute Gasteiger partial charge is 0.286 e. The first-order valence-corrected chi connectivity index (χ1v) is 11.0. The van der Waals surface area contributed by atoms with Crippen molar-refractivity contribution in [2.45, 2.75) is 46.1 Å². The van der Waals surface area contributed by atoms with Crippen LogP contribution in [0.2, 0.25) is 0 Å². The average molecular weight is 430 g/mol. The second-order valence-corrected chi connectivity index (χ2v) is 8.59. The lowest BCUT2D eigenvalue weighted by Crippen LogP contribution is -2.44. The first kappa shape index (κ1) is 21.9. The number of carbonyl (C=O) groups is 3. The molecule has 9 heteroatoms. The number of piperidine rings is 1. The lowest BCUT2D eigenvalue weighted by atomic mass is 9.95. The zero-order chi connectivity index (χ0) is 21.7. The van der Waals surface area contributed by atoms with Crippen LogP contribution < -0.4 is 10.6 Å². The topological polar surface area (TPSA) is 104 Å². The number of aryl methyl sites for hydroxylation is 1. The normalized spacial score (nSPS) is 15.5. The Balaban J connectivity index is 1.54. The van der Waals surface area contributed by atoms with Crippen LogP contribution in [0, 0.1) is 12.8 Å². The fraction of sp³-hybridized carbons (Fsp3) is 0.476. The van der Waals surface area contributed by atoms with E-state index < -0.39 is 5.91 Å². The molecule has 0 bridgehead atoms. The summed E-state index contributed by atoms with van der Waals surface area (Å²) in [5, 5.41) is 13.9. The molecule has 0 radical (unpaired) electrons. The summed E-state index contributed by atoms with van der Waals surface area (Å²) in [7, 11) is 0. The molecule has 2 N–H and O–H groups in total. The minimum atomic E-state index is -0.393. The van der Waals surface area contributed by atoms with Gasteiger partial charge in [-0.15, -0.1) is 10.2 Å². The second kappa shape index (κ2) is 9.80. The molecule has 30 heavy (non-hydrogen) atoms. The van der Waals surface area contributed by atoms with Crippen molar-refractivity contribution in [3.05, 3.63) is 39.8 Å². The van der Waals surface area contributed by atoms with Gasteiger partial charge in [0, 0.05) is 30.7 Å². The third-order valence-electron chi connectivity index (χ3n) is 5.27. The largest absolute Gasteiger partial charge is 0.353 e. The molecule has 1 aliphatic rings. The van der Waals surface area contributed by atoms with Gasteiger partial charge in [0.15, 0.2) is 0 Å². The maximum absolute atomic E-state index is 12.7. The van der Waals surface area contributed by atoms with Gasteiger partial charge in [0.25, 0.3) is 11.8 Å². The Bertz CT molecular complexity index is 904. The number of hydrogen-bond donors (Lipinski definition) is 2. The van der Waals surface area contributed by atoms with Gasteiger partial charge in [0.05, 0.1) is 0 Å². The summed E-state index contributed by atoms with van der Waals surface area (Å²) in [5.41, 5.74) is 1.75. The van der Waals surface area contributed by atoms with E-state index in [2.05, 4.69) is 20.8 Å². The third-order valence-corrected chi connectivity index (χ3v) is 6.18. The first-order valence-electron chi connectivity index (χ1n) is 10.2. The third kappa shape index (κ3) is 5.41. The van der Waals surface area contributed by atoms with Gasteiger partial charge >= 0.3 is 0 Å². The van der Waals surface area contributed by atoms with Crippen LogP contribution in [0.25, 0.3) is 0 Å². The molecule has 2 heterocycles. The zero-order valence-corrected chi connectivity index (χ0v) is 18.3. The Labute approximate surface area is 180 Å². The molecule has 160 valence electrons. The van der Waals surface area contributed by atoms with Crippen LogP contribution in [0.4, 0.5) is 5.69 Å². The molecule has 1 fully saturated rings. The Morgan fingerprint density at radius 1 is 1.13 bits per heavy atom. The van der Waals surface area contributed by atoms with Crippen molar-refractivity contribution in [1.82, 2.24) is 20.4 Å². The summed E-state index contributed by atoms with van der Waals surface area (Å²) in [6, 6.07) is 7.57. The molecule has 1 atom stereocenters. The molecule has 0 spiro atoms. The number of carbonyl (C=O) groups excluding carboxylic acids is 3. The Hall–Kier alpha value is -2.81. The van der Waals surface area contributed by atoms with Crippen LogP contribution >= 0.6 is 11.3 Å². The number of amides is 3. The summed E-state index contributed by atoms with van der Waals surface area (Å²) in [6.45, 7) is 6.96. The quantitative estimate of drug-likeness (QED) is 0.735. The van der Waals surface area contributed by atoms with Gasteiger partial charge < -0.3 is 15.5 Å². The van der Waals surface area contributed by atoms with Crippen molar-refractivity contribution in [2.24, 2.45) is 5.92 Å². The minimum absolute atomic E-state index is 0.0578. The Morgan fingerprint density at radius 3 is 2.40 bits per heavy atom. The highest BCUT2D eigenvalue weighted by Crippen LogP contribution is 2.21. The molecule has 1 aliphatic heterocycles. The summed E-state index contributed by atoms with van der Waals surface area (Å²) >= 11 is 0.979. The van der Waals surface area contributed by atoms with Crippen molar-refractivity contribution < 1.29 is 14.4 Å². The molecule has 1 aromatic heterocycles. The highest BCUT2D eigenvalue weighted by atomic mass is 32.1. The number of likely N-dealkylation sites (tertiary alicyclic amines) is 1. The van der Waals surface area contributed by atoms with Crippen molar-refractivity contribution in [1.29, 1.82) is 0 Å². The fourth-order valence-corrected chi connectivity index (χ4v) is 3.87. The summed E-state index contributed by atoms with van der Waals surface area (Å²) in [5.74, 6) is -0.658. The van der Waals surface area contributed by atoms with Crippen LogP contribution in [0.3, 0.4) is 0 Å². The number of anilines is 1. The molecule has 1 aromatic carbocycles. The van der Waals surface area contributed by atoms with E-state index in [-0.39, 0.29) is 33.8 Å². The molecule has 3 rings (SSSR count). The number of nitrogens with one attached hydrogen (secondary N) is 2. The van der Waals surface area contributed by atoms with Crippen LogP contribution in [-0.2, 0) is 4.79 Å². The molecular formula is C21H27N5O3S. The number of hydrogen-bond acceptors (Lipinski definition) is 6. The standard InChI is InChI=1S/C21H27N5O3S/c1-4-14(3)22-17(27)15-9-11-26(12-10-15)21(29)20-25-24-19(30-20)18(28)23-16-7-5-13(2)6-8-16/h5-8,14-15H,4,9-12H2,1-3H3,(H,22,27)(H,23,28)/t14-/m0/s1. The molecule has 0 aliphatic carbocycles. The van der Waals surface area contributed by atoms with Gasteiger partial charge in [-0.05, 0) is 45.2 Å². The van der Waals surface area contributed by atoms with Crippen molar-refractivity contribution in [2.75, 3.05) is 18.4 Å². The van der Waals surface area contributed by atoms with Gasteiger partial charge in [-0.25, -0.2) is 0 Å². The van der Waals surface area contributed by atoms with Gasteiger partial charge in [0.1, 0.15) is 0 Å². The Kier molecular flexibility index (Phi) is 7.15. The van der Waals surface area contributed by atoms with E-state index in [1.165, 1.54) is 0 Å². The number of nitrogens with zero attached hydrogens (tertiary/aromatic N) is 3. The Morgan fingerprint density at radius 2 is 1.77 bits per heavy atom. The summed E-state index contributed by atoms with van der Waals surface area (Å²) in [6.07, 6.45) is 2.13. The lowest BCUT2D eigenvalue weighted by Gasteiger charge is -2.31. The first-order chi connectivity index (χ1) is 14.4. The second-order valence-electron chi connectivity index (χ2n) is 7.62. The summed E-state index contributed by atoms with van der Waals surface area (Å²) in [4.78, 5) is 39.1. The van der Waals surface area contributed by atoms with Gasteiger partial charge in [0.2, 0.25) is 15.9 Å². The van der Waals surface area contributed by atoms with Crippen LogP contribution in [0.15, 0.2) is 24.3 Å². The molecule has 2 aromatic rings. The fourth-order valence-electron chi connectivity index (χ4n) is 3.17. The molecule has 0 unspecified atom stereocenters. The maximum atomic E-state index is 12.7. The monoisotopic (exact) mass is 429 g/mol. The van der Waals surface area contributed by atoms with Crippen LogP contribution in [0.1, 0.15) is 58.3 Å². The van der Waals surface area contributed by atoms with Crippen molar-refractivity contribution >= 4 is 34.7 Å². The van der Waals surface area contributed by atoms with E-state index in [0.29, 0.717) is 31.6 Å². The predicted molar refractivity (Wildman–Crippen MR) is 116 cm³/mol. The van der Waals surface area contributed by atoms with E-state index in [9.17, 15) is 14.4 Å². The number of aromatic nitrogens is 2. The SMILES string of the molecule is CC[C@H](C)NC(=O)C1CCN(C(=O)c2nnc(C(=O)Nc3ccc(C)cc3)s2)CC1. The maximum Gasteiger partial charge on any atom is 0.286 e. The van der Waals surface area contributed by atoms with Crippen molar-refractivity contribution in [3.8, 4) is 0 Å². The van der Waals surface area contributed by atoms with Crippen LogP contribution in [0.5, 0.6) is 0 Å². The minimum Gasteiger partial charge on any atom is -0.353 e. The van der Waals surface area contributed by atoms with E-state index in [0.717, 1.165) is 23.3 Å². The highest BCUT2D eigenvalue weighted by Gasteiger charge is 2.30. The van der Waals surface area contributed by atoms with Crippen molar-refractivity contribution in [3.63, 3.8) is 0 Å². The molecule has 8 nitrogen and oxygen atoms in total. The molecular weight excluding hydrogens is 402 g/mol. The zero-order valence-electron chi connectivity index (χ0n) is 17.5. The van der Waals surface area contributed by atoms with Gasteiger partial charge in [-0.1, -0.05) is 36.0 Å². The van der Waals surface area contributed by atoms with Gasteiger partial charge in [-0.3, -0.25) is 14.4 Å². The number of rotatable bonds is 6. The van der Waals surface area contributed by atoms with E-state index >= 15 is 0 Å². The summed E-state index contributed by atoms with van der Waals surface area (Å²) < 4.78 is 0. The lowest BCUT2D eigenvalue weighted by molar-refractivity contribution is -0.126. The van der Waals surface area contributed by atoms with Crippen LogP contribution in [-0.4, -0.2) is 52.0 Å². The number of benzene rings is 1. The average Bonchev–Trinajstić information content (AvgIpc) is 3.25. The predicted octanol–water partition coefficient (Wildman–Crippen LogP) is 2.87. The molecule has 0 saturated carbocycles. The van der Waals surface area contributed by atoms with E-state index in [1.807, 2.05) is 45.0 Å². The van der Waals surface area contributed by atoms with E-state index in [4.69, 9.17) is 0 Å². The van der Waals surface area contributed by atoms with Gasteiger partial charge in [-0.2, -0.15) is 0 Å². The molecule has 1 saturated heterocycles. The van der Waals surface area contributed by atoms with E-state index in [1.54, 1.807) is 4.90 Å².